The Hall–Kier alpha value is -4.85. The maximum absolute atomic E-state index is 12.7. The number of nitrogens with one attached hydrogen (secondary N) is 3. The van der Waals surface area contributed by atoms with E-state index in [4.69, 9.17) is 4.98 Å². The molecule has 3 N–H and O–H groups in total. The topological polar surface area (TPSA) is 116 Å². The number of aromatic amines is 2. The SMILES string of the molecule is CC(=O)c1ccc(C2=CC=C=Cc3[nH]c(-c4n[nH]c5ccc(-c6cncc(NC(=O)C7CCCC7)c6)nc45)cc32)s1. The number of ketones is 1. The van der Waals surface area contributed by atoms with Crippen LogP contribution in [0.15, 0.2) is 66.7 Å². The van der Waals surface area contributed by atoms with Crippen LogP contribution in [0, 0.1) is 5.92 Å². The van der Waals surface area contributed by atoms with E-state index in [0.717, 1.165) is 80.3 Å². The molecule has 8 nitrogen and oxygen atoms in total. The number of carbonyl (C=O) groups excluding carboxylic acids is 2. The van der Waals surface area contributed by atoms with Crippen LogP contribution in [0.2, 0.25) is 0 Å². The Balaban J connectivity index is 1.23. The Morgan fingerprint density at radius 1 is 1.10 bits per heavy atom. The normalized spacial score (nSPS) is 14.7. The Labute approximate surface area is 240 Å². The highest BCUT2D eigenvalue weighted by Crippen LogP contribution is 2.37. The fraction of sp³-hybridized carbons (Fsp3) is 0.188. The average Bonchev–Trinajstić information content (AvgIpc) is 3.79. The monoisotopic (exact) mass is 558 g/mol. The van der Waals surface area contributed by atoms with Gasteiger partial charge in [0.05, 0.1) is 39.4 Å². The molecule has 9 heteroatoms. The van der Waals surface area contributed by atoms with E-state index in [0.29, 0.717) is 11.4 Å². The molecule has 0 bridgehead atoms. The summed E-state index contributed by atoms with van der Waals surface area (Å²) in [6.45, 7) is 1.58. The van der Waals surface area contributed by atoms with E-state index >= 15 is 0 Å². The van der Waals surface area contributed by atoms with Gasteiger partial charge < -0.3 is 10.3 Å². The number of Topliss-reactive ketones (excluding diaryl/α,β-unsaturated/α-hetero) is 1. The minimum Gasteiger partial charge on any atom is -0.353 e. The number of hydrogen-bond donors (Lipinski definition) is 3. The van der Waals surface area contributed by atoms with Crippen LogP contribution in [0.1, 0.15) is 58.4 Å². The largest absolute Gasteiger partial charge is 0.353 e. The van der Waals surface area contributed by atoms with E-state index in [1.807, 2.05) is 48.6 Å². The fourth-order valence-corrected chi connectivity index (χ4v) is 6.44. The summed E-state index contributed by atoms with van der Waals surface area (Å²) in [5.41, 5.74) is 11.4. The lowest BCUT2D eigenvalue weighted by Gasteiger charge is -2.11. The van der Waals surface area contributed by atoms with Gasteiger partial charge in [-0.15, -0.1) is 17.1 Å². The number of amides is 1. The van der Waals surface area contributed by atoms with Crippen LogP contribution >= 0.6 is 11.3 Å². The first-order valence-electron chi connectivity index (χ1n) is 13.6. The fourth-order valence-electron chi connectivity index (χ4n) is 5.50. The molecule has 0 saturated heterocycles. The van der Waals surface area contributed by atoms with Crippen molar-refractivity contribution >= 4 is 51.4 Å². The van der Waals surface area contributed by atoms with Crippen LogP contribution in [0.4, 0.5) is 5.69 Å². The van der Waals surface area contributed by atoms with Crippen LogP contribution in [-0.2, 0) is 4.79 Å². The lowest BCUT2D eigenvalue weighted by Crippen LogP contribution is -2.20. The number of hydrogen-bond acceptors (Lipinski definition) is 6. The van der Waals surface area contributed by atoms with Crippen molar-refractivity contribution in [2.24, 2.45) is 5.92 Å². The third kappa shape index (κ3) is 4.75. The number of nitrogens with zero attached hydrogens (tertiary/aromatic N) is 3. The molecule has 7 rings (SSSR count). The van der Waals surface area contributed by atoms with E-state index in [1.54, 1.807) is 19.3 Å². The van der Waals surface area contributed by atoms with Crippen LogP contribution in [0.25, 0.3) is 45.3 Å². The third-order valence-corrected chi connectivity index (χ3v) is 8.84. The summed E-state index contributed by atoms with van der Waals surface area (Å²) in [6, 6.07) is 11.7. The lowest BCUT2D eigenvalue weighted by atomic mass is 10.0. The number of carbonyl (C=O) groups is 2. The third-order valence-electron chi connectivity index (χ3n) is 7.62. The summed E-state index contributed by atoms with van der Waals surface area (Å²) in [5.74, 6) is 0.195. The Morgan fingerprint density at radius 3 is 2.80 bits per heavy atom. The van der Waals surface area contributed by atoms with Crippen molar-refractivity contribution in [3.8, 4) is 22.6 Å². The van der Waals surface area contributed by atoms with Crippen molar-refractivity contribution in [1.29, 1.82) is 0 Å². The zero-order valence-electron chi connectivity index (χ0n) is 22.3. The molecule has 2 aliphatic rings. The Morgan fingerprint density at radius 2 is 1.98 bits per heavy atom. The van der Waals surface area contributed by atoms with Crippen molar-refractivity contribution in [2.75, 3.05) is 5.32 Å². The van der Waals surface area contributed by atoms with Gasteiger partial charge in [-0.2, -0.15) is 5.10 Å². The number of allylic oxidation sites excluding steroid dienone is 2. The number of thiophene rings is 1. The van der Waals surface area contributed by atoms with Gasteiger partial charge in [0.15, 0.2) is 5.78 Å². The molecular weight excluding hydrogens is 532 g/mol. The highest BCUT2D eigenvalue weighted by Gasteiger charge is 2.23. The van der Waals surface area contributed by atoms with Gasteiger partial charge in [-0.25, -0.2) is 4.98 Å². The Bertz CT molecular complexity index is 1930. The molecule has 5 aromatic rings. The minimum absolute atomic E-state index is 0.0564. The number of H-pyrrole nitrogens is 2. The van der Waals surface area contributed by atoms with Crippen LogP contribution in [-0.4, -0.2) is 36.8 Å². The van der Waals surface area contributed by atoms with E-state index < -0.39 is 0 Å². The highest BCUT2D eigenvalue weighted by atomic mass is 32.1. The summed E-state index contributed by atoms with van der Waals surface area (Å²) >= 11 is 1.48. The molecule has 0 aromatic carbocycles. The minimum atomic E-state index is 0.0564. The van der Waals surface area contributed by atoms with Gasteiger partial charge in [-0.05, 0) is 68.3 Å². The van der Waals surface area contributed by atoms with Gasteiger partial charge in [-0.3, -0.25) is 19.7 Å². The molecule has 0 radical (unpaired) electrons. The quantitative estimate of drug-likeness (QED) is 0.153. The molecule has 0 unspecified atom stereocenters. The first-order chi connectivity index (χ1) is 20.0. The molecule has 202 valence electrons. The van der Waals surface area contributed by atoms with E-state index in [1.165, 1.54) is 11.3 Å². The molecule has 1 fully saturated rings. The highest BCUT2D eigenvalue weighted by molar-refractivity contribution is 7.15. The second-order valence-corrected chi connectivity index (χ2v) is 11.5. The smallest absolute Gasteiger partial charge is 0.227 e. The summed E-state index contributed by atoms with van der Waals surface area (Å²) < 4.78 is 0. The second-order valence-electron chi connectivity index (χ2n) is 10.4. The van der Waals surface area contributed by atoms with Crippen molar-refractivity contribution < 1.29 is 9.59 Å². The summed E-state index contributed by atoms with van der Waals surface area (Å²) in [5, 5.41) is 10.7. The van der Waals surface area contributed by atoms with E-state index in [9.17, 15) is 9.59 Å². The molecule has 0 aliphatic heterocycles. The van der Waals surface area contributed by atoms with E-state index in [-0.39, 0.29) is 17.6 Å². The van der Waals surface area contributed by atoms with Gasteiger partial charge in [0.2, 0.25) is 5.91 Å². The zero-order valence-corrected chi connectivity index (χ0v) is 23.1. The first kappa shape index (κ1) is 25.1. The van der Waals surface area contributed by atoms with Crippen molar-refractivity contribution in [3.05, 3.63) is 87.7 Å². The van der Waals surface area contributed by atoms with Gasteiger partial charge in [0.1, 0.15) is 11.2 Å². The van der Waals surface area contributed by atoms with Crippen molar-refractivity contribution in [3.63, 3.8) is 0 Å². The zero-order chi connectivity index (χ0) is 27.9. The average molecular weight is 559 g/mol. The number of anilines is 1. The number of aromatic nitrogens is 5. The lowest BCUT2D eigenvalue weighted by molar-refractivity contribution is -0.119. The number of fused-ring (bicyclic) bond motifs is 2. The summed E-state index contributed by atoms with van der Waals surface area (Å²) in [7, 11) is 0. The molecule has 1 saturated carbocycles. The van der Waals surface area contributed by atoms with Crippen molar-refractivity contribution in [2.45, 2.75) is 32.6 Å². The number of rotatable bonds is 6. The van der Waals surface area contributed by atoms with Gasteiger partial charge in [0.25, 0.3) is 0 Å². The molecule has 1 amide bonds. The van der Waals surface area contributed by atoms with E-state index in [2.05, 4.69) is 37.3 Å². The maximum atomic E-state index is 12.7. The van der Waals surface area contributed by atoms with Gasteiger partial charge in [0, 0.05) is 39.8 Å². The molecule has 5 heterocycles. The predicted octanol–water partition coefficient (Wildman–Crippen LogP) is 7.02. The van der Waals surface area contributed by atoms with Gasteiger partial charge in [-0.1, -0.05) is 12.8 Å². The molecule has 5 aromatic heterocycles. The van der Waals surface area contributed by atoms with Crippen LogP contribution in [0.3, 0.4) is 0 Å². The summed E-state index contributed by atoms with van der Waals surface area (Å²) in [4.78, 5) is 39.1. The molecular formula is C32H26N6O2S. The first-order valence-corrected chi connectivity index (χ1v) is 14.4. The summed E-state index contributed by atoms with van der Waals surface area (Å²) in [6.07, 6.45) is 13.3. The predicted molar refractivity (Wildman–Crippen MR) is 161 cm³/mol. The van der Waals surface area contributed by atoms with Gasteiger partial charge >= 0.3 is 0 Å². The molecule has 41 heavy (non-hydrogen) atoms. The second kappa shape index (κ2) is 10.3. The molecule has 0 spiro atoms. The molecule has 2 aliphatic carbocycles. The maximum Gasteiger partial charge on any atom is 0.227 e. The van der Waals surface area contributed by atoms with Crippen molar-refractivity contribution in [1.82, 2.24) is 25.1 Å². The number of pyridine rings is 2. The molecule has 0 atom stereocenters. The van der Waals surface area contributed by atoms with Crippen LogP contribution in [0.5, 0.6) is 0 Å². The Kier molecular flexibility index (Phi) is 6.30. The standard InChI is InChI=1S/C32H26N6O2S/c1-18(39)28-12-13-29(41-28)22-8-4-5-9-25-23(22)15-27(35-25)31-30-26(37-38-31)11-10-24(36-30)20-14-21(17-33-16-20)34-32(40)19-6-2-3-7-19/h4,8-17,19,35H,2-3,6-7H2,1H3,(H,34,40)(H,37,38). The van der Waals surface area contributed by atoms with Crippen LogP contribution < -0.4 is 5.32 Å².